The number of ether oxygens (including phenoxy) is 1. The Morgan fingerprint density at radius 1 is 1.21 bits per heavy atom. The van der Waals surface area contributed by atoms with Crippen molar-refractivity contribution in [2.75, 3.05) is 23.8 Å². The molecule has 0 aliphatic carbocycles. The van der Waals surface area contributed by atoms with Crippen LogP contribution in [0.15, 0.2) is 52.1 Å². The number of nitrogens with two attached hydrogens (primary N) is 1. The van der Waals surface area contributed by atoms with Crippen LogP contribution in [0.2, 0.25) is 0 Å². The second-order valence-electron chi connectivity index (χ2n) is 6.12. The molecule has 9 nitrogen and oxygen atoms in total. The predicted molar refractivity (Wildman–Crippen MR) is 110 cm³/mol. The number of nitrogens with one attached hydrogen (secondary N) is 1. The van der Waals surface area contributed by atoms with Gasteiger partial charge in [-0.1, -0.05) is 43.3 Å². The Bertz CT molecular complexity index is 1010. The van der Waals surface area contributed by atoms with E-state index in [9.17, 15) is 19.2 Å². The van der Waals surface area contributed by atoms with Gasteiger partial charge in [0.2, 0.25) is 0 Å². The van der Waals surface area contributed by atoms with Gasteiger partial charge in [0.1, 0.15) is 5.82 Å². The molecule has 9 heteroatoms. The van der Waals surface area contributed by atoms with Crippen molar-refractivity contribution in [3.63, 3.8) is 0 Å². The first kappa shape index (κ1) is 21.7. The van der Waals surface area contributed by atoms with Gasteiger partial charge in [-0.15, -0.1) is 0 Å². The van der Waals surface area contributed by atoms with Crippen LogP contribution in [0, 0.1) is 0 Å². The van der Waals surface area contributed by atoms with Crippen molar-refractivity contribution in [3.05, 3.63) is 68.9 Å². The van der Waals surface area contributed by atoms with Crippen molar-refractivity contribution in [1.82, 2.24) is 9.55 Å². The van der Waals surface area contributed by atoms with E-state index in [1.54, 1.807) is 13.0 Å². The predicted octanol–water partition coefficient (Wildman–Crippen LogP) is 1.03. The Morgan fingerprint density at radius 3 is 2.52 bits per heavy atom. The van der Waals surface area contributed by atoms with Gasteiger partial charge in [0.05, 0.1) is 6.54 Å². The number of allylic oxidation sites excluding steroid dienone is 1. The molecule has 1 heterocycles. The lowest BCUT2D eigenvalue weighted by Crippen LogP contribution is -2.42. The maximum atomic E-state index is 12.5. The zero-order valence-electron chi connectivity index (χ0n) is 16.4. The molecule has 2 aromatic rings. The quantitative estimate of drug-likeness (QED) is 0.503. The number of amides is 1. The molecule has 0 fully saturated rings. The second kappa shape index (κ2) is 10.1. The fourth-order valence-corrected chi connectivity index (χ4v) is 2.69. The van der Waals surface area contributed by atoms with Crippen LogP contribution < -0.4 is 21.9 Å². The largest absolute Gasteiger partial charge is 0.452 e. The van der Waals surface area contributed by atoms with Gasteiger partial charge in [0, 0.05) is 12.6 Å². The van der Waals surface area contributed by atoms with Crippen molar-refractivity contribution in [2.45, 2.75) is 26.8 Å². The molecule has 1 amide bonds. The van der Waals surface area contributed by atoms with Gasteiger partial charge in [-0.3, -0.25) is 19.1 Å². The van der Waals surface area contributed by atoms with Crippen molar-refractivity contribution >= 4 is 23.4 Å². The molecular formula is C20H24N4O5. The zero-order valence-corrected chi connectivity index (χ0v) is 16.4. The third-order valence-electron chi connectivity index (χ3n) is 4.11. The highest BCUT2D eigenvalue weighted by molar-refractivity contribution is 5.97. The average Bonchev–Trinajstić information content (AvgIpc) is 2.71. The topological polar surface area (TPSA) is 127 Å². The maximum absolute atomic E-state index is 12.5. The van der Waals surface area contributed by atoms with Gasteiger partial charge in [-0.25, -0.2) is 9.59 Å². The van der Waals surface area contributed by atoms with Gasteiger partial charge in [0.25, 0.3) is 11.5 Å². The molecule has 0 aliphatic rings. The van der Waals surface area contributed by atoms with Crippen molar-refractivity contribution in [3.8, 4) is 0 Å². The summed E-state index contributed by atoms with van der Waals surface area (Å²) in [6.45, 7) is 3.16. The third-order valence-corrected chi connectivity index (χ3v) is 4.11. The van der Waals surface area contributed by atoms with E-state index >= 15 is 0 Å². The number of hydrogen-bond acceptors (Lipinski definition) is 6. The summed E-state index contributed by atoms with van der Waals surface area (Å²) in [5.74, 6) is -1.44. The molecule has 0 saturated heterocycles. The van der Waals surface area contributed by atoms with E-state index < -0.39 is 29.7 Å². The number of benzene rings is 1. The number of rotatable bonds is 8. The number of carbonyl (C=O) groups is 2. The summed E-state index contributed by atoms with van der Waals surface area (Å²) < 4.78 is 6.08. The van der Waals surface area contributed by atoms with Crippen molar-refractivity contribution < 1.29 is 14.3 Å². The molecule has 3 N–H and O–H groups in total. The van der Waals surface area contributed by atoms with Gasteiger partial charge in [-0.2, -0.15) is 0 Å². The summed E-state index contributed by atoms with van der Waals surface area (Å²) in [4.78, 5) is 52.0. The van der Waals surface area contributed by atoms with Crippen molar-refractivity contribution in [2.24, 2.45) is 0 Å². The number of esters is 1. The average molecular weight is 400 g/mol. The number of anilines is 2. The van der Waals surface area contributed by atoms with Crippen LogP contribution in [-0.4, -0.2) is 34.6 Å². The Morgan fingerprint density at radius 2 is 1.90 bits per heavy atom. The van der Waals surface area contributed by atoms with Gasteiger partial charge in [0.15, 0.2) is 12.3 Å². The second-order valence-corrected chi connectivity index (χ2v) is 6.12. The fraction of sp³-hybridized carbons (Fsp3) is 0.300. The third kappa shape index (κ3) is 5.44. The molecular weight excluding hydrogens is 376 g/mol. The number of aromatic amines is 1. The van der Waals surface area contributed by atoms with E-state index in [2.05, 4.69) is 4.98 Å². The first-order valence-electron chi connectivity index (χ1n) is 9.19. The standard InChI is InChI=1S/C20H24N4O5/c1-3-5-11-16(26)29-13-15(25)23(4-2)17-18(21)24(20(28)22-19(17)27)12-14-9-7-6-8-10-14/h5-11H,3-4,12-13,21H2,1-2H3,(H,22,27,28)/b11-5+. The lowest BCUT2D eigenvalue weighted by Gasteiger charge is -2.23. The zero-order chi connectivity index (χ0) is 21.4. The number of aromatic nitrogens is 2. The van der Waals surface area contributed by atoms with E-state index in [1.165, 1.54) is 10.6 Å². The molecule has 0 saturated carbocycles. The lowest BCUT2D eigenvalue weighted by molar-refractivity contribution is -0.143. The molecule has 29 heavy (non-hydrogen) atoms. The van der Waals surface area contributed by atoms with Crippen molar-refractivity contribution in [1.29, 1.82) is 0 Å². The number of likely N-dealkylation sites (N-methyl/N-ethyl adjacent to an activating group) is 1. The Kier molecular flexibility index (Phi) is 7.53. The normalized spacial score (nSPS) is 10.8. The van der Waals surface area contributed by atoms with E-state index in [1.807, 2.05) is 37.3 Å². The Balaban J connectivity index is 2.33. The molecule has 0 unspecified atom stereocenters. The van der Waals surface area contributed by atoms with Crippen LogP contribution in [0.1, 0.15) is 25.8 Å². The summed E-state index contributed by atoms with van der Waals surface area (Å²) in [6, 6.07) is 9.08. The van der Waals surface area contributed by atoms with Crippen LogP contribution in [0.25, 0.3) is 0 Å². The van der Waals surface area contributed by atoms with E-state index in [-0.39, 0.29) is 24.6 Å². The van der Waals surface area contributed by atoms with Gasteiger partial charge in [-0.05, 0) is 18.9 Å². The SMILES string of the molecule is CC/C=C/C(=O)OCC(=O)N(CC)c1c(N)n(Cc2ccccc2)c(=O)[nH]c1=O. The summed E-state index contributed by atoms with van der Waals surface area (Å²) in [5, 5.41) is 0. The van der Waals surface area contributed by atoms with Crippen LogP contribution in [0.4, 0.5) is 11.5 Å². The van der Waals surface area contributed by atoms with Crippen LogP contribution >= 0.6 is 0 Å². The van der Waals surface area contributed by atoms with Crippen LogP contribution in [0.3, 0.4) is 0 Å². The molecule has 1 aromatic heterocycles. The van der Waals surface area contributed by atoms with Crippen LogP contribution in [0.5, 0.6) is 0 Å². The summed E-state index contributed by atoms with van der Waals surface area (Å²) in [7, 11) is 0. The van der Waals surface area contributed by atoms with Gasteiger partial charge >= 0.3 is 11.7 Å². The highest BCUT2D eigenvalue weighted by Gasteiger charge is 2.23. The van der Waals surface area contributed by atoms with E-state index in [0.717, 1.165) is 10.5 Å². The number of hydrogen-bond donors (Lipinski definition) is 2. The highest BCUT2D eigenvalue weighted by atomic mass is 16.5. The number of nitrogen functional groups attached to an aromatic ring is 1. The first-order chi connectivity index (χ1) is 13.9. The Labute approximate surface area is 167 Å². The minimum Gasteiger partial charge on any atom is -0.452 e. The monoisotopic (exact) mass is 400 g/mol. The molecule has 1 aromatic carbocycles. The molecule has 0 spiro atoms. The summed E-state index contributed by atoms with van der Waals surface area (Å²) in [5.41, 5.74) is 5.27. The van der Waals surface area contributed by atoms with E-state index in [4.69, 9.17) is 10.5 Å². The molecule has 154 valence electrons. The molecule has 2 rings (SSSR count). The van der Waals surface area contributed by atoms with E-state index in [0.29, 0.717) is 6.42 Å². The first-order valence-corrected chi connectivity index (χ1v) is 9.19. The molecule has 0 atom stereocenters. The van der Waals surface area contributed by atoms with Crippen LogP contribution in [-0.2, 0) is 20.9 Å². The minimum atomic E-state index is -0.788. The number of nitrogens with zero attached hydrogens (tertiary/aromatic N) is 2. The lowest BCUT2D eigenvalue weighted by atomic mass is 10.2. The minimum absolute atomic E-state index is 0.0952. The Hall–Kier alpha value is -3.62. The highest BCUT2D eigenvalue weighted by Crippen LogP contribution is 2.17. The van der Waals surface area contributed by atoms with Gasteiger partial charge < -0.3 is 15.4 Å². The molecule has 0 aliphatic heterocycles. The fourth-order valence-electron chi connectivity index (χ4n) is 2.69. The number of carbonyl (C=O) groups excluding carboxylic acids is 2. The molecule has 0 radical (unpaired) electrons. The summed E-state index contributed by atoms with van der Waals surface area (Å²) >= 11 is 0. The summed E-state index contributed by atoms with van der Waals surface area (Å²) in [6.07, 6.45) is 3.48. The molecule has 0 bridgehead atoms. The smallest absolute Gasteiger partial charge is 0.330 e. The number of H-pyrrole nitrogens is 1. The maximum Gasteiger partial charge on any atom is 0.330 e.